The summed E-state index contributed by atoms with van der Waals surface area (Å²) in [5.74, 6) is 0.267. The van der Waals surface area contributed by atoms with Gasteiger partial charge in [0.25, 0.3) is 5.91 Å². The van der Waals surface area contributed by atoms with Crippen LogP contribution in [0.4, 0.5) is 5.69 Å². The zero-order valence-electron chi connectivity index (χ0n) is 16.8. The standard InChI is InChI=1S/C21H24N4O3S2/c1-2-4-14-7-9-24(10-8-14)16-6-3-5-15(11-16)12-17-19(26)25(21(29)30-17)13-18-22-20(27)28-23-18/h3,5-6,11-12,14H,2,4,7-10,13H2,1H3,(H,22,23,27). The van der Waals surface area contributed by atoms with Gasteiger partial charge in [0.2, 0.25) is 0 Å². The van der Waals surface area contributed by atoms with E-state index in [0.29, 0.717) is 9.23 Å². The number of nitrogens with zero attached hydrogens (tertiary/aromatic N) is 3. The van der Waals surface area contributed by atoms with Crippen LogP contribution in [0.5, 0.6) is 0 Å². The van der Waals surface area contributed by atoms with Crippen LogP contribution < -0.4 is 10.7 Å². The van der Waals surface area contributed by atoms with Gasteiger partial charge in [0.05, 0.1) is 11.4 Å². The van der Waals surface area contributed by atoms with Crippen molar-refractivity contribution in [2.75, 3.05) is 18.0 Å². The largest absolute Gasteiger partial charge is 0.438 e. The first-order valence-corrected chi connectivity index (χ1v) is 11.4. The van der Waals surface area contributed by atoms with Crippen LogP contribution in [0, 0.1) is 5.92 Å². The molecule has 0 atom stereocenters. The molecule has 0 radical (unpaired) electrons. The van der Waals surface area contributed by atoms with Gasteiger partial charge in [-0.1, -0.05) is 61.0 Å². The number of amides is 1. The number of hydrogen-bond donors (Lipinski definition) is 1. The maximum Gasteiger partial charge on any atom is 0.438 e. The van der Waals surface area contributed by atoms with Crippen LogP contribution in [0.1, 0.15) is 44.0 Å². The number of H-pyrrole nitrogens is 1. The topological polar surface area (TPSA) is 82.4 Å². The third-order valence-electron chi connectivity index (χ3n) is 5.51. The molecule has 0 saturated carbocycles. The van der Waals surface area contributed by atoms with Crippen molar-refractivity contribution in [2.45, 2.75) is 39.2 Å². The third-order valence-corrected chi connectivity index (χ3v) is 6.89. The fourth-order valence-corrected chi connectivity index (χ4v) is 5.22. The summed E-state index contributed by atoms with van der Waals surface area (Å²) < 4.78 is 4.92. The minimum absolute atomic E-state index is 0.0838. The summed E-state index contributed by atoms with van der Waals surface area (Å²) in [6.45, 7) is 4.49. The van der Waals surface area contributed by atoms with Gasteiger partial charge in [-0.3, -0.25) is 19.2 Å². The molecule has 0 unspecified atom stereocenters. The molecule has 1 N–H and O–H groups in total. The molecule has 1 amide bonds. The molecule has 7 nitrogen and oxygen atoms in total. The maximum absolute atomic E-state index is 12.8. The molecule has 0 bridgehead atoms. The van der Waals surface area contributed by atoms with Crippen LogP contribution in [-0.2, 0) is 11.3 Å². The van der Waals surface area contributed by atoms with Crippen molar-refractivity contribution in [3.63, 3.8) is 0 Å². The van der Waals surface area contributed by atoms with E-state index in [1.807, 2.05) is 18.2 Å². The van der Waals surface area contributed by atoms with Crippen LogP contribution >= 0.6 is 24.0 Å². The molecule has 9 heteroatoms. The highest BCUT2D eigenvalue weighted by atomic mass is 32.2. The van der Waals surface area contributed by atoms with Crippen molar-refractivity contribution in [2.24, 2.45) is 5.92 Å². The van der Waals surface area contributed by atoms with Gasteiger partial charge in [0.1, 0.15) is 4.32 Å². The normalized spacial score (nSPS) is 19.3. The van der Waals surface area contributed by atoms with Crippen molar-refractivity contribution in [1.29, 1.82) is 0 Å². The number of carbonyl (C=O) groups is 1. The number of rotatable bonds is 6. The lowest BCUT2D eigenvalue weighted by Gasteiger charge is -2.33. The van der Waals surface area contributed by atoms with E-state index in [4.69, 9.17) is 12.2 Å². The summed E-state index contributed by atoms with van der Waals surface area (Å²) in [6.07, 6.45) is 6.92. The highest BCUT2D eigenvalue weighted by Crippen LogP contribution is 2.34. The first-order chi connectivity index (χ1) is 14.5. The fourth-order valence-electron chi connectivity index (χ4n) is 3.97. The van der Waals surface area contributed by atoms with E-state index >= 15 is 0 Å². The molecule has 2 fully saturated rings. The summed E-state index contributed by atoms with van der Waals surface area (Å²) in [5.41, 5.74) is 2.16. The van der Waals surface area contributed by atoms with Crippen LogP contribution in [0.25, 0.3) is 6.08 Å². The number of carbonyl (C=O) groups excluding carboxylic acids is 1. The van der Waals surface area contributed by atoms with Gasteiger partial charge in [-0.05, 0) is 42.5 Å². The predicted molar refractivity (Wildman–Crippen MR) is 122 cm³/mol. The Bertz CT molecular complexity index is 1020. The molecule has 2 aliphatic heterocycles. The molecule has 2 saturated heterocycles. The molecule has 1 aromatic carbocycles. The van der Waals surface area contributed by atoms with E-state index in [1.165, 1.54) is 48.0 Å². The van der Waals surface area contributed by atoms with Gasteiger partial charge < -0.3 is 4.90 Å². The van der Waals surface area contributed by atoms with Crippen LogP contribution in [0.2, 0.25) is 0 Å². The molecule has 30 heavy (non-hydrogen) atoms. The summed E-state index contributed by atoms with van der Waals surface area (Å²) >= 11 is 6.60. The maximum atomic E-state index is 12.8. The van der Waals surface area contributed by atoms with Crippen LogP contribution in [-0.4, -0.2) is 38.4 Å². The van der Waals surface area contributed by atoms with Crippen LogP contribution in [0.3, 0.4) is 0 Å². The predicted octanol–water partition coefficient (Wildman–Crippen LogP) is 3.78. The molecule has 0 aliphatic carbocycles. The molecule has 3 heterocycles. The second kappa shape index (κ2) is 9.18. The number of aromatic amines is 1. The van der Waals surface area contributed by atoms with E-state index in [-0.39, 0.29) is 18.3 Å². The lowest BCUT2D eigenvalue weighted by atomic mass is 9.92. The molecule has 4 rings (SSSR count). The Morgan fingerprint density at radius 2 is 2.13 bits per heavy atom. The van der Waals surface area contributed by atoms with Crippen molar-refractivity contribution >= 4 is 46.0 Å². The lowest BCUT2D eigenvalue weighted by molar-refractivity contribution is -0.122. The molecule has 158 valence electrons. The average Bonchev–Trinajstić information content (AvgIpc) is 3.27. The van der Waals surface area contributed by atoms with Gasteiger partial charge >= 0.3 is 5.76 Å². The minimum Gasteiger partial charge on any atom is -0.371 e. The lowest BCUT2D eigenvalue weighted by Crippen LogP contribution is -2.33. The Balaban J connectivity index is 1.46. The molecule has 1 aromatic heterocycles. The number of thiocarbonyl (C=S) groups is 1. The number of benzene rings is 1. The molecular formula is C21H24N4O3S2. The molecule has 0 spiro atoms. The van der Waals surface area contributed by atoms with Gasteiger partial charge in [-0.2, -0.15) is 0 Å². The Morgan fingerprint density at radius 1 is 1.33 bits per heavy atom. The van der Waals surface area contributed by atoms with E-state index in [0.717, 1.165) is 24.6 Å². The zero-order chi connectivity index (χ0) is 21.1. The average molecular weight is 445 g/mol. The SMILES string of the molecule is CCCC1CCN(c2cccc(C=C3SC(=S)N(Cc4noc(=O)[nH]4)C3=O)c2)CC1. The van der Waals surface area contributed by atoms with Crippen molar-refractivity contribution in [1.82, 2.24) is 15.0 Å². The van der Waals surface area contributed by atoms with E-state index in [2.05, 4.69) is 38.6 Å². The first kappa shape index (κ1) is 20.9. The Hall–Kier alpha value is -2.39. The molecular weight excluding hydrogens is 420 g/mol. The minimum atomic E-state index is -0.651. The highest BCUT2D eigenvalue weighted by molar-refractivity contribution is 8.26. The third kappa shape index (κ3) is 4.67. The number of aromatic nitrogens is 2. The summed E-state index contributed by atoms with van der Waals surface area (Å²) in [4.78, 5) is 30.8. The Labute approximate surface area is 184 Å². The summed E-state index contributed by atoms with van der Waals surface area (Å²) in [5, 5.41) is 3.61. The van der Waals surface area contributed by atoms with E-state index < -0.39 is 5.76 Å². The fraction of sp³-hybridized carbons (Fsp3) is 0.429. The highest BCUT2D eigenvalue weighted by Gasteiger charge is 2.33. The number of anilines is 1. The van der Waals surface area contributed by atoms with Crippen molar-refractivity contribution in [3.05, 3.63) is 51.1 Å². The zero-order valence-corrected chi connectivity index (χ0v) is 18.4. The van der Waals surface area contributed by atoms with Gasteiger partial charge in [-0.15, -0.1) is 0 Å². The quantitative estimate of drug-likeness (QED) is 0.536. The van der Waals surface area contributed by atoms with Gasteiger partial charge in [0, 0.05) is 18.8 Å². The van der Waals surface area contributed by atoms with Crippen LogP contribution in [0.15, 0.2) is 38.5 Å². The number of hydrogen-bond acceptors (Lipinski definition) is 7. The number of piperidine rings is 1. The Morgan fingerprint density at radius 3 is 2.83 bits per heavy atom. The van der Waals surface area contributed by atoms with Crippen molar-refractivity contribution < 1.29 is 9.32 Å². The summed E-state index contributed by atoms with van der Waals surface area (Å²) in [7, 11) is 0. The van der Waals surface area contributed by atoms with Gasteiger partial charge in [0.15, 0.2) is 5.82 Å². The monoisotopic (exact) mass is 444 g/mol. The summed E-state index contributed by atoms with van der Waals surface area (Å²) in [6, 6.07) is 8.28. The second-order valence-corrected chi connectivity index (χ2v) is 9.30. The smallest absolute Gasteiger partial charge is 0.371 e. The first-order valence-electron chi connectivity index (χ1n) is 10.2. The second-order valence-electron chi connectivity index (χ2n) is 7.62. The van der Waals surface area contributed by atoms with Gasteiger partial charge in [-0.25, -0.2) is 4.79 Å². The van der Waals surface area contributed by atoms with Crippen molar-refractivity contribution in [3.8, 4) is 0 Å². The van der Waals surface area contributed by atoms with E-state index in [1.54, 1.807) is 0 Å². The molecule has 2 aromatic rings. The number of thioether (sulfide) groups is 1. The Kier molecular flexibility index (Phi) is 6.38. The van der Waals surface area contributed by atoms with E-state index in [9.17, 15) is 9.59 Å². The molecule has 2 aliphatic rings. The number of nitrogens with one attached hydrogen (secondary N) is 1.